The molecule has 0 bridgehead atoms. The molecule has 120 valence electrons. The minimum absolute atomic E-state index is 0.686. The second-order valence-electron chi connectivity index (χ2n) is 6.41. The standard InChI is InChI=1S/C17H32N4/c1-6-9-18-17-8-7-16(12-19-17)14-21(13-15(2)3)11-10-20(4)5/h7-8,12,15H,6,9-11,13-14H2,1-5H3,(H,18,19). The second kappa shape index (κ2) is 9.74. The largest absolute Gasteiger partial charge is 0.370 e. The third-order valence-electron chi connectivity index (χ3n) is 3.27. The summed E-state index contributed by atoms with van der Waals surface area (Å²) in [5.74, 6) is 1.66. The van der Waals surface area contributed by atoms with E-state index in [9.17, 15) is 0 Å². The Morgan fingerprint density at radius 3 is 2.48 bits per heavy atom. The van der Waals surface area contributed by atoms with Crippen LogP contribution in [0.3, 0.4) is 0 Å². The fourth-order valence-electron chi connectivity index (χ4n) is 2.23. The lowest BCUT2D eigenvalue weighted by atomic mass is 10.2. The van der Waals surface area contributed by atoms with E-state index in [4.69, 9.17) is 0 Å². The molecule has 0 atom stereocenters. The molecule has 0 aliphatic heterocycles. The van der Waals surface area contributed by atoms with Crippen LogP contribution in [-0.4, -0.2) is 55.1 Å². The molecule has 1 heterocycles. The van der Waals surface area contributed by atoms with E-state index in [1.54, 1.807) is 0 Å². The van der Waals surface area contributed by atoms with E-state index >= 15 is 0 Å². The maximum absolute atomic E-state index is 4.50. The molecule has 4 heteroatoms. The van der Waals surface area contributed by atoms with Crippen molar-refractivity contribution in [2.45, 2.75) is 33.7 Å². The quantitative estimate of drug-likeness (QED) is 0.718. The third-order valence-corrected chi connectivity index (χ3v) is 3.27. The average molecular weight is 292 g/mol. The van der Waals surface area contributed by atoms with Gasteiger partial charge in [-0.1, -0.05) is 26.8 Å². The summed E-state index contributed by atoms with van der Waals surface area (Å²) >= 11 is 0. The van der Waals surface area contributed by atoms with Crippen molar-refractivity contribution in [1.29, 1.82) is 0 Å². The summed E-state index contributed by atoms with van der Waals surface area (Å²) in [4.78, 5) is 9.25. The highest BCUT2D eigenvalue weighted by atomic mass is 15.2. The van der Waals surface area contributed by atoms with Crippen molar-refractivity contribution in [3.05, 3.63) is 23.9 Å². The van der Waals surface area contributed by atoms with Gasteiger partial charge in [0.05, 0.1) is 0 Å². The molecule has 0 aliphatic carbocycles. The minimum Gasteiger partial charge on any atom is -0.370 e. The Morgan fingerprint density at radius 1 is 1.19 bits per heavy atom. The zero-order valence-corrected chi connectivity index (χ0v) is 14.4. The number of hydrogen-bond donors (Lipinski definition) is 1. The lowest BCUT2D eigenvalue weighted by molar-refractivity contribution is 0.211. The van der Waals surface area contributed by atoms with Crippen molar-refractivity contribution >= 4 is 5.82 Å². The van der Waals surface area contributed by atoms with Crippen LogP contribution >= 0.6 is 0 Å². The lowest BCUT2D eigenvalue weighted by Crippen LogP contribution is -2.34. The molecule has 1 aromatic rings. The highest BCUT2D eigenvalue weighted by molar-refractivity contribution is 5.35. The van der Waals surface area contributed by atoms with Crippen molar-refractivity contribution in [2.24, 2.45) is 5.92 Å². The predicted octanol–water partition coefficient (Wildman–Crippen LogP) is 2.92. The fourth-order valence-corrected chi connectivity index (χ4v) is 2.23. The van der Waals surface area contributed by atoms with Gasteiger partial charge in [0.2, 0.25) is 0 Å². The van der Waals surface area contributed by atoms with Gasteiger partial charge in [0.25, 0.3) is 0 Å². The van der Waals surface area contributed by atoms with Crippen LogP contribution in [0.1, 0.15) is 32.8 Å². The summed E-state index contributed by atoms with van der Waals surface area (Å²) in [6.07, 6.45) is 3.12. The molecule has 0 saturated heterocycles. The molecule has 1 N–H and O–H groups in total. The predicted molar refractivity (Wildman–Crippen MR) is 91.7 cm³/mol. The lowest BCUT2D eigenvalue weighted by Gasteiger charge is -2.25. The molecule has 0 fully saturated rings. The van der Waals surface area contributed by atoms with Crippen molar-refractivity contribution in [2.75, 3.05) is 45.6 Å². The van der Waals surface area contributed by atoms with E-state index in [2.05, 4.69) is 67.1 Å². The van der Waals surface area contributed by atoms with Crippen molar-refractivity contribution < 1.29 is 0 Å². The normalized spacial score (nSPS) is 11.6. The van der Waals surface area contributed by atoms with Crippen LogP contribution in [0.5, 0.6) is 0 Å². The molecule has 0 radical (unpaired) electrons. The van der Waals surface area contributed by atoms with E-state index < -0.39 is 0 Å². The Bertz CT molecular complexity index is 373. The van der Waals surface area contributed by atoms with Crippen molar-refractivity contribution in [3.63, 3.8) is 0 Å². The van der Waals surface area contributed by atoms with E-state index in [0.29, 0.717) is 5.92 Å². The zero-order chi connectivity index (χ0) is 15.7. The van der Waals surface area contributed by atoms with Crippen LogP contribution < -0.4 is 5.32 Å². The maximum Gasteiger partial charge on any atom is 0.125 e. The average Bonchev–Trinajstić information content (AvgIpc) is 2.43. The monoisotopic (exact) mass is 292 g/mol. The van der Waals surface area contributed by atoms with Crippen molar-refractivity contribution in [1.82, 2.24) is 14.8 Å². The molecule has 4 nitrogen and oxygen atoms in total. The molecule has 0 amide bonds. The molecule has 0 aromatic carbocycles. The smallest absolute Gasteiger partial charge is 0.125 e. The molecule has 0 aliphatic rings. The number of nitrogens with zero attached hydrogens (tertiary/aromatic N) is 3. The zero-order valence-electron chi connectivity index (χ0n) is 14.4. The van der Waals surface area contributed by atoms with Crippen LogP contribution in [0.2, 0.25) is 0 Å². The molecule has 0 unspecified atom stereocenters. The molecular weight excluding hydrogens is 260 g/mol. The fraction of sp³-hybridized carbons (Fsp3) is 0.706. The summed E-state index contributed by atoms with van der Waals surface area (Å²) < 4.78 is 0. The summed E-state index contributed by atoms with van der Waals surface area (Å²) in [6, 6.07) is 4.28. The van der Waals surface area contributed by atoms with Gasteiger partial charge >= 0.3 is 0 Å². The summed E-state index contributed by atoms with van der Waals surface area (Å²) in [5, 5.41) is 3.32. The summed E-state index contributed by atoms with van der Waals surface area (Å²) in [7, 11) is 4.26. The first kappa shape index (κ1) is 17.9. The van der Waals surface area contributed by atoms with Gasteiger partial charge in [0.15, 0.2) is 0 Å². The Balaban J connectivity index is 2.55. The van der Waals surface area contributed by atoms with E-state index in [1.165, 1.54) is 5.56 Å². The Hall–Kier alpha value is -1.13. The number of aromatic nitrogens is 1. The highest BCUT2D eigenvalue weighted by Crippen LogP contribution is 2.09. The molecular formula is C17H32N4. The Morgan fingerprint density at radius 2 is 1.95 bits per heavy atom. The number of hydrogen-bond acceptors (Lipinski definition) is 4. The Labute approximate surface area is 130 Å². The number of nitrogens with one attached hydrogen (secondary N) is 1. The van der Waals surface area contributed by atoms with Gasteiger partial charge in [-0.15, -0.1) is 0 Å². The topological polar surface area (TPSA) is 31.4 Å². The minimum atomic E-state index is 0.686. The molecule has 1 aromatic heterocycles. The highest BCUT2D eigenvalue weighted by Gasteiger charge is 2.09. The first-order chi connectivity index (χ1) is 10.0. The van der Waals surface area contributed by atoms with Gasteiger partial charge in [0.1, 0.15) is 5.82 Å². The third kappa shape index (κ3) is 8.02. The maximum atomic E-state index is 4.50. The number of likely N-dealkylation sites (N-methyl/N-ethyl adjacent to an activating group) is 1. The summed E-state index contributed by atoms with van der Waals surface area (Å²) in [6.45, 7) is 12.0. The van der Waals surface area contributed by atoms with Gasteiger partial charge < -0.3 is 10.2 Å². The molecule has 21 heavy (non-hydrogen) atoms. The molecule has 0 saturated carbocycles. The Kier molecular flexibility index (Phi) is 8.31. The van der Waals surface area contributed by atoms with Crippen LogP contribution in [0.4, 0.5) is 5.82 Å². The van der Waals surface area contributed by atoms with Gasteiger partial charge in [-0.25, -0.2) is 4.98 Å². The van der Waals surface area contributed by atoms with Crippen LogP contribution in [0.25, 0.3) is 0 Å². The number of rotatable bonds is 10. The van der Waals surface area contributed by atoms with Crippen LogP contribution in [-0.2, 0) is 6.54 Å². The van der Waals surface area contributed by atoms with E-state index in [1.807, 2.05) is 6.20 Å². The van der Waals surface area contributed by atoms with Crippen molar-refractivity contribution in [3.8, 4) is 0 Å². The number of anilines is 1. The van der Waals surface area contributed by atoms with Gasteiger partial charge in [-0.3, -0.25) is 4.90 Å². The van der Waals surface area contributed by atoms with E-state index in [0.717, 1.165) is 45.0 Å². The van der Waals surface area contributed by atoms with Gasteiger partial charge in [-0.05, 0) is 38.1 Å². The molecule has 1 rings (SSSR count). The SMILES string of the molecule is CCCNc1ccc(CN(CCN(C)C)CC(C)C)cn1. The molecule has 0 spiro atoms. The number of pyridine rings is 1. The van der Waals surface area contributed by atoms with Gasteiger partial charge in [-0.2, -0.15) is 0 Å². The van der Waals surface area contributed by atoms with E-state index in [-0.39, 0.29) is 0 Å². The van der Waals surface area contributed by atoms with Gasteiger partial charge in [0, 0.05) is 38.9 Å². The summed E-state index contributed by atoms with van der Waals surface area (Å²) in [5.41, 5.74) is 1.29. The van der Waals surface area contributed by atoms with Crippen LogP contribution in [0.15, 0.2) is 18.3 Å². The van der Waals surface area contributed by atoms with Crippen LogP contribution in [0, 0.1) is 5.92 Å². The first-order valence-corrected chi connectivity index (χ1v) is 8.07. The first-order valence-electron chi connectivity index (χ1n) is 8.07. The second-order valence-corrected chi connectivity index (χ2v) is 6.41.